The van der Waals surface area contributed by atoms with Crippen LogP contribution in [0.3, 0.4) is 0 Å². The van der Waals surface area contributed by atoms with Crippen LogP contribution >= 0.6 is 11.6 Å². The first-order valence-corrected chi connectivity index (χ1v) is 10.3. The molecule has 1 N–H and O–H groups in total. The zero-order chi connectivity index (χ0) is 21.8. The molecule has 1 aliphatic rings. The number of halogens is 2. The Morgan fingerprint density at radius 1 is 0.839 bits per heavy atom. The van der Waals surface area contributed by atoms with Gasteiger partial charge in [-0.2, -0.15) is 0 Å². The summed E-state index contributed by atoms with van der Waals surface area (Å²) in [5.41, 5.74) is 2.30. The summed E-state index contributed by atoms with van der Waals surface area (Å²) < 4.78 is 13.3. The Kier molecular flexibility index (Phi) is 6.18. The molecule has 0 spiro atoms. The van der Waals surface area contributed by atoms with Crippen LogP contribution in [0.25, 0.3) is 0 Å². The molecule has 0 radical (unpaired) electrons. The molecule has 0 atom stereocenters. The Morgan fingerprint density at radius 2 is 1.55 bits per heavy atom. The van der Waals surface area contributed by atoms with E-state index in [0.717, 1.165) is 5.69 Å². The average molecular weight is 438 g/mol. The third-order valence-corrected chi connectivity index (χ3v) is 5.52. The van der Waals surface area contributed by atoms with Crippen molar-refractivity contribution in [3.05, 3.63) is 94.8 Å². The lowest BCUT2D eigenvalue weighted by Gasteiger charge is -2.36. The summed E-state index contributed by atoms with van der Waals surface area (Å²) in [6.07, 6.45) is 0. The lowest BCUT2D eigenvalue weighted by atomic mass is 10.1. The highest BCUT2D eigenvalue weighted by molar-refractivity contribution is 6.33. The van der Waals surface area contributed by atoms with Gasteiger partial charge >= 0.3 is 0 Å². The van der Waals surface area contributed by atoms with Crippen molar-refractivity contribution < 1.29 is 14.0 Å². The lowest BCUT2D eigenvalue weighted by molar-refractivity contribution is 0.0746. The van der Waals surface area contributed by atoms with Gasteiger partial charge in [-0.15, -0.1) is 0 Å². The average Bonchev–Trinajstić information content (AvgIpc) is 2.79. The van der Waals surface area contributed by atoms with Crippen LogP contribution in [0.1, 0.15) is 20.7 Å². The second-order valence-electron chi connectivity index (χ2n) is 7.28. The van der Waals surface area contributed by atoms with Crippen molar-refractivity contribution >= 4 is 34.8 Å². The molecule has 3 aromatic rings. The van der Waals surface area contributed by atoms with E-state index in [-0.39, 0.29) is 11.5 Å². The van der Waals surface area contributed by atoms with Gasteiger partial charge in [0.1, 0.15) is 5.82 Å². The summed E-state index contributed by atoms with van der Waals surface area (Å²) in [4.78, 5) is 28.9. The van der Waals surface area contributed by atoms with Crippen LogP contribution in [0.15, 0.2) is 72.8 Å². The molecule has 0 saturated carbocycles. The number of piperazine rings is 1. The first kappa shape index (κ1) is 20.9. The number of amides is 2. The third-order valence-electron chi connectivity index (χ3n) is 5.22. The summed E-state index contributed by atoms with van der Waals surface area (Å²) in [5, 5.41) is 3.23. The molecule has 4 rings (SSSR count). The predicted molar refractivity (Wildman–Crippen MR) is 120 cm³/mol. The van der Waals surface area contributed by atoms with Crippen LogP contribution < -0.4 is 10.2 Å². The van der Waals surface area contributed by atoms with Crippen molar-refractivity contribution in [3.63, 3.8) is 0 Å². The van der Waals surface area contributed by atoms with Crippen LogP contribution in [-0.2, 0) is 0 Å². The Bertz CT molecular complexity index is 1100. The normalized spacial score (nSPS) is 13.7. The number of benzene rings is 3. The van der Waals surface area contributed by atoms with Crippen molar-refractivity contribution in [1.82, 2.24) is 4.90 Å². The molecule has 0 aromatic heterocycles. The number of hydrogen-bond acceptors (Lipinski definition) is 3. The van der Waals surface area contributed by atoms with Crippen molar-refractivity contribution in [2.45, 2.75) is 0 Å². The molecule has 2 amide bonds. The summed E-state index contributed by atoms with van der Waals surface area (Å²) in [6, 6.07) is 20.0. The summed E-state index contributed by atoms with van der Waals surface area (Å²) in [7, 11) is 0. The van der Waals surface area contributed by atoms with Crippen LogP contribution in [0.2, 0.25) is 5.02 Å². The van der Waals surface area contributed by atoms with Crippen molar-refractivity contribution in [2.24, 2.45) is 0 Å². The second kappa shape index (κ2) is 9.18. The molecule has 7 heteroatoms. The molecule has 31 heavy (non-hydrogen) atoms. The quantitative estimate of drug-likeness (QED) is 0.644. The fourth-order valence-corrected chi connectivity index (χ4v) is 3.89. The van der Waals surface area contributed by atoms with Gasteiger partial charge in [0.05, 0.1) is 10.7 Å². The van der Waals surface area contributed by atoms with Gasteiger partial charge in [0.2, 0.25) is 0 Å². The molecule has 1 heterocycles. The summed E-state index contributed by atoms with van der Waals surface area (Å²) >= 11 is 6.48. The van der Waals surface area contributed by atoms with Gasteiger partial charge in [-0.1, -0.05) is 35.9 Å². The van der Waals surface area contributed by atoms with E-state index in [0.29, 0.717) is 42.5 Å². The Morgan fingerprint density at radius 3 is 2.23 bits per heavy atom. The zero-order valence-electron chi connectivity index (χ0n) is 16.7. The first-order chi connectivity index (χ1) is 15.0. The van der Waals surface area contributed by atoms with Crippen LogP contribution in [0, 0.1) is 5.82 Å². The number of anilines is 2. The minimum absolute atomic E-state index is 0.0294. The van der Waals surface area contributed by atoms with Gasteiger partial charge in [0.25, 0.3) is 11.8 Å². The Hall–Kier alpha value is -3.38. The van der Waals surface area contributed by atoms with E-state index in [1.54, 1.807) is 18.2 Å². The maximum absolute atomic E-state index is 13.3. The lowest BCUT2D eigenvalue weighted by Crippen LogP contribution is -2.48. The first-order valence-electron chi connectivity index (χ1n) is 9.97. The Labute approximate surface area is 185 Å². The highest BCUT2D eigenvalue weighted by atomic mass is 35.5. The standard InChI is InChI=1S/C24H21ClFN3O2/c25-21-16-20(27-23(30)18-7-4-8-19(26)15-18)9-10-22(21)28-11-13-29(14-12-28)24(31)17-5-2-1-3-6-17/h1-10,15-16H,11-14H2,(H,27,30). The molecule has 0 bridgehead atoms. The number of nitrogens with one attached hydrogen (secondary N) is 1. The monoisotopic (exact) mass is 437 g/mol. The van der Waals surface area contributed by atoms with E-state index in [1.165, 1.54) is 18.2 Å². The van der Waals surface area contributed by atoms with E-state index in [2.05, 4.69) is 10.2 Å². The molecular weight excluding hydrogens is 417 g/mol. The van der Waals surface area contributed by atoms with Gasteiger partial charge in [-0.05, 0) is 48.5 Å². The fraction of sp³-hybridized carbons (Fsp3) is 0.167. The predicted octanol–water partition coefficient (Wildman–Crippen LogP) is 4.69. The van der Waals surface area contributed by atoms with Crippen LogP contribution in [0.4, 0.5) is 15.8 Å². The molecule has 1 fully saturated rings. The van der Waals surface area contributed by atoms with E-state index >= 15 is 0 Å². The number of carbonyl (C=O) groups is 2. The molecule has 158 valence electrons. The van der Waals surface area contributed by atoms with Crippen LogP contribution in [0.5, 0.6) is 0 Å². The van der Waals surface area contributed by atoms with Gasteiger partial charge < -0.3 is 15.1 Å². The van der Waals surface area contributed by atoms with Gasteiger partial charge in [-0.25, -0.2) is 4.39 Å². The van der Waals surface area contributed by atoms with E-state index in [1.807, 2.05) is 41.3 Å². The number of rotatable bonds is 4. The molecule has 0 unspecified atom stereocenters. The number of carbonyl (C=O) groups excluding carboxylic acids is 2. The maximum atomic E-state index is 13.3. The maximum Gasteiger partial charge on any atom is 0.255 e. The summed E-state index contributed by atoms with van der Waals surface area (Å²) in [6.45, 7) is 2.52. The fourth-order valence-electron chi connectivity index (χ4n) is 3.59. The van der Waals surface area contributed by atoms with Crippen molar-refractivity contribution in [3.8, 4) is 0 Å². The molecule has 5 nitrogen and oxygen atoms in total. The molecule has 1 aliphatic heterocycles. The number of hydrogen-bond donors (Lipinski definition) is 1. The molecular formula is C24H21ClFN3O2. The minimum atomic E-state index is -0.467. The highest BCUT2D eigenvalue weighted by Gasteiger charge is 2.23. The SMILES string of the molecule is O=C(Nc1ccc(N2CCN(C(=O)c3ccccc3)CC2)c(Cl)c1)c1cccc(F)c1. The van der Waals surface area contributed by atoms with Gasteiger partial charge in [-0.3, -0.25) is 9.59 Å². The largest absolute Gasteiger partial charge is 0.367 e. The molecule has 0 aliphatic carbocycles. The van der Waals surface area contributed by atoms with E-state index < -0.39 is 11.7 Å². The molecule has 1 saturated heterocycles. The smallest absolute Gasteiger partial charge is 0.255 e. The number of nitrogens with zero attached hydrogens (tertiary/aromatic N) is 2. The van der Waals surface area contributed by atoms with Crippen molar-refractivity contribution in [2.75, 3.05) is 36.4 Å². The van der Waals surface area contributed by atoms with E-state index in [4.69, 9.17) is 11.6 Å². The topological polar surface area (TPSA) is 52.7 Å². The third kappa shape index (κ3) is 4.86. The Balaban J connectivity index is 1.39. The zero-order valence-corrected chi connectivity index (χ0v) is 17.5. The van der Waals surface area contributed by atoms with Gasteiger partial charge in [0, 0.05) is 43.0 Å². The minimum Gasteiger partial charge on any atom is -0.367 e. The summed E-state index contributed by atoms with van der Waals surface area (Å²) in [5.74, 6) is -0.843. The highest BCUT2D eigenvalue weighted by Crippen LogP contribution is 2.30. The van der Waals surface area contributed by atoms with E-state index in [9.17, 15) is 14.0 Å². The van der Waals surface area contributed by atoms with Crippen LogP contribution in [-0.4, -0.2) is 42.9 Å². The van der Waals surface area contributed by atoms with Crippen molar-refractivity contribution in [1.29, 1.82) is 0 Å². The molecule has 3 aromatic carbocycles. The van der Waals surface area contributed by atoms with Gasteiger partial charge in [0.15, 0.2) is 0 Å². The second-order valence-corrected chi connectivity index (χ2v) is 7.68.